The maximum atomic E-state index is 11.2. The lowest BCUT2D eigenvalue weighted by Gasteiger charge is -2.19. The van der Waals surface area contributed by atoms with Gasteiger partial charge in [0.25, 0.3) is 0 Å². The monoisotopic (exact) mass is 243 g/mol. The summed E-state index contributed by atoms with van der Waals surface area (Å²) in [6.45, 7) is 7.92. The van der Waals surface area contributed by atoms with Gasteiger partial charge >= 0.3 is 12.1 Å². The molecule has 0 aliphatic rings. The Morgan fingerprint density at radius 2 is 1.94 bits per heavy atom. The summed E-state index contributed by atoms with van der Waals surface area (Å²) in [5.41, 5.74) is -0.495. The Hall–Kier alpha value is -1.52. The number of hydrogen-bond donors (Lipinski definition) is 1. The van der Waals surface area contributed by atoms with Crippen molar-refractivity contribution < 1.29 is 19.1 Å². The van der Waals surface area contributed by atoms with E-state index in [1.54, 1.807) is 33.8 Å². The van der Waals surface area contributed by atoms with Crippen LogP contribution >= 0.6 is 0 Å². The van der Waals surface area contributed by atoms with Crippen LogP contribution in [0, 0.1) is 0 Å². The molecule has 0 aromatic carbocycles. The molecule has 1 N–H and O–H groups in total. The number of amides is 1. The summed E-state index contributed by atoms with van der Waals surface area (Å²) in [4.78, 5) is 22.1. The highest BCUT2D eigenvalue weighted by atomic mass is 16.6. The zero-order valence-electron chi connectivity index (χ0n) is 10.9. The molecule has 0 spiro atoms. The van der Waals surface area contributed by atoms with E-state index in [1.807, 2.05) is 0 Å². The van der Waals surface area contributed by atoms with Gasteiger partial charge in [0.1, 0.15) is 5.60 Å². The second-order valence-corrected chi connectivity index (χ2v) is 4.37. The Morgan fingerprint density at radius 1 is 1.29 bits per heavy atom. The number of rotatable bonds is 5. The number of carbonyl (C=O) groups excluding carboxylic acids is 2. The van der Waals surface area contributed by atoms with Crippen LogP contribution in [-0.2, 0) is 14.3 Å². The van der Waals surface area contributed by atoms with Crippen molar-refractivity contribution in [1.82, 2.24) is 5.32 Å². The number of hydrogen-bond acceptors (Lipinski definition) is 4. The molecule has 0 fully saturated rings. The van der Waals surface area contributed by atoms with Crippen molar-refractivity contribution in [1.29, 1.82) is 0 Å². The second kappa shape index (κ2) is 7.70. The summed E-state index contributed by atoms with van der Waals surface area (Å²) in [6, 6.07) is 0. The van der Waals surface area contributed by atoms with Crippen LogP contribution in [0.25, 0.3) is 0 Å². The Labute approximate surface area is 102 Å². The second-order valence-electron chi connectivity index (χ2n) is 4.37. The van der Waals surface area contributed by atoms with E-state index in [2.05, 4.69) is 5.32 Å². The number of ether oxygens (including phenoxy) is 2. The van der Waals surface area contributed by atoms with Crippen LogP contribution in [0.1, 0.15) is 34.1 Å². The van der Waals surface area contributed by atoms with Gasteiger partial charge in [0.15, 0.2) is 0 Å². The molecule has 0 saturated carbocycles. The number of alkyl carbamates (subject to hydrolysis) is 1. The van der Waals surface area contributed by atoms with E-state index in [4.69, 9.17) is 9.47 Å². The van der Waals surface area contributed by atoms with Crippen LogP contribution in [-0.4, -0.2) is 30.8 Å². The van der Waals surface area contributed by atoms with Crippen LogP contribution in [0.5, 0.6) is 0 Å². The molecule has 0 aliphatic carbocycles. The van der Waals surface area contributed by atoms with Crippen LogP contribution in [0.2, 0.25) is 0 Å². The average Bonchev–Trinajstić information content (AvgIpc) is 2.14. The fourth-order valence-electron chi connectivity index (χ4n) is 0.942. The van der Waals surface area contributed by atoms with Gasteiger partial charge in [0.05, 0.1) is 6.61 Å². The van der Waals surface area contributed by atoms with Gasteiger partial charge in [-0.25, -0.2) is 9.59 Å². The normalized spacial score (nSPS) is 11.3. The molecule has 0 aliphatic heterocycles. The van der Waals surface area contributed by atoms with Crippen molar-refractivity contribution >= 4 is 12.1 Å². The smallest absolute Gasteiger partial charge is 0.407 e. The van der Waals surface area contributed by atoms with Gasteiger partial charge in [-0.05, 0) is 34.1 Å². The molecule has 0 saturated heterocycles. The number of esters is 1. The highest BCUT2D eigenvalue weighted by molar-refractivity contribution is 5.81. The predicted molar refractivity (Wildman–Crippen MR) is 64.6 cm³/mol. The highest BCUT2D eigenvalue weighted by Crippen LogP contribution is 2.06. The first-order chi connectivity index (χ1) is 7.85. The molecular weight excluding hydrogens is 222 g/mol. The SMILES string of the molecule is CCOC(=O)/C=C/CCNC(=O)OC(C)(C)C. The van der Waals surface area contributed by atoms with Crippen molar-refractivity contribution in [2.45, 2.75) is 39.7 Å². The minimum absolute atomic E-state index is 0.360. The molecule has 0 heterocycles. The highest BCUT2D eigenvalue weighted by Gasteiger charge is 2.15. The zero-order chi connectivity index (χ0) is 13.3. The van der Waals surface area contributed by atoms with Crippen LogP contribution in [0.3, 0.4) is 0 Å². The van der Waals surface area contributed by atoms with Gasteiger partial charge in [-0.15, -0.1) is 0 Å². The lowest BCUT2D eigenvalue weighted by molar-refractivity contribution is -0.137. The van der Waals surface area contributed by atoms with Crippen molar-refractivity contribution in [3.8, 4) is 0 Å². The molecule has 0 bridgehead atoms. The number of nitrogens with one attached hydrogen (secondary N) is 1. The summed E-state index contributed by atoms with van der Waals surface area (Å²) in [6.07, 6.45) is 3.09. The summed E-state index contributed by atoms with van der Waals surface area (Å²) in [5, 5.41) is 2.58. The van der Waals surface area contributed by atoms with Crippen molar-refractivity contribution in [2.24, 2.45) is 0 Å². The largest absolute Gasteiger partial charge is 0.463 e. The van der Waals surface area contributed by atoms with E-state index in [1.165, 1.54) is 6.08 Å². The molecule has 17 heavy (non-hydrogen) atoms. The molecule has 0 atom stereocenters. The van der Waals surface area contributed by atoms with Crippen molar-refractivity contribution in [3.63, 3.8) is 0 Å². The van der Waals surface area contributed by atoms with Gasteiger partial charge in [0, 0.05) is 12.6 Å². The fraction of sp³-hybridized carbons (Fsp3) is 0.667. The van der Waals surface area contributed by atoms with Crippen molar-refractivity contribution in [2.75, 3.05) is 13.2 Å². The van der Waals surface area contributed by atoms with E-state index in [0.29, 0.717) is 19.6 Å². The van der Waals surface area contributed by atoms with Crippen LogP contribution < -0.4 is 5.32 Å². The molecule has 98 valence electrons. The lowest BCUT2D eigenvalue weighted by Crippen LogP contribution is -2.32. The lowest BCUT2D eigenvalue weighted by atomic mass is 10.2. The van der Waals surface area contributed by atoms with E-state index >= 15 is 0 Å². The Kier molecular flexibility index (Phi) is 7.02. The van der Waals surface area contributed by atoms with E-state index in [-0.39, 0.29) is 5.97 Å². The summed E-state index contributed by atoms with van der Waals surface area (Å²) in [7, 11) is 0. The van der Waals surface area contributed by atoms with E-state index in [0.717, 1.165) is 0 Å². The Balaban J connectivity index is 3.64. The number of carbonyl (C=O) groups is 2. The van der Waals surface area contributed by atoms with Crippen LogP contribution in [0.4, 0.5) is 4.79 Å². The molecule has 0 aromatic heterocycles. The predicted octanol–water partition coefficient (Wildman–Crippen LogP) is 2.02. The van der Waals surface area contributed by atoms with Gasteiger partial charge in [-0.2, -0.15) is 0 Å². The topological polar surface area (TPSA) is 64.6 Å². The quantitative estimate of drug-likeness (QED) is 0.456. The molecule has 1 amide bonds. The summed E-state index contributed by atoms with van der Waals surface area (Å²) in [5.74, 6) is -0.371. The van der Waals surface area contributed by atoms with Gasteiger partial charge in [-0.1, -0.05) is 6.08 Å². The third-order valence-corrected chi connectivity index (χ3v) is 1.52. The minimum Gasteiger partial charge on any atom is -0.463 e. The standard InChI is InChI=1S/C12H21NO4/c1-5-16-10(14)8-6-7-9-13-11(15)17-12(2,3)4/h6,8H,5,7,9H2,1-4H3,(H,13,15)/b8-6+. The maximum absolute atomic E-state index is 11.2. The third-order valence-electron chi connectivity index (χ3n) is 1.52. The Morgan fingerprint density at radius 3 is 2.47 bits per heavy atom. The first-order valence-corrected chi connectivity index (χ1v) is 5.65. The van der Waals surface area contributed by atoms with Crippen LogP contribution in [0.15, 0.2) is 12.2 Å². The summed E-state index contributed by atoms with van der Waals surface area (Å²) >= 11 is 0. The maximum Gasteiger partial charge on any atom is 0.407 e. The average molecular weight is 243 g/mol. The van der Waals surface area contributed by atoms with Gasteiger partial charge < -0.3 is 14.8 Å². The minimum atomic E-state index is -0.495. The van der Waals surface area contributed by atoms with Gasteiger partial charge in [-0.3, -0.25) is 0 Å². The fourth-order valence-corrected chi connectivity index (χ4v) is 0.942. The zero-order valence-corrected chi connectivity index (χ0v) is 10.9. The molecule has 5 heteroatoms. The molecule has 0 aromatic rings. The first-order valence-electron chi connectivity index (χ1n) is 5.65. The van der Waals surface area contributed by atoms with Crippen molar-refractivity contribution in [3.05, 3.63) is 12.2 Å². The third kappa shape index (κ3) is 10.8. The van der Waals surface area contributed by atoms with E-state index < -0.39 is 11.7 Å². The first kappa shape index (κ1) is 15.5. The Bertz CT molecular complexity index is 279. The molecule has 0 unspecified atom stereocenters. The molecule has 0 radical (unpaired) electrons. The summed E-state index contributed by atoms with van der Waals surface area (Å²) < 4.78 is 9.74. The molecule has 0 rings (SSSR count). The molecule has 5 nitrogen and oxygen atoms in total. The van der Waals surface area contributed by atoms with E-state index in [9.17, 15) is 9.59 Å². The molecular formula is C12H21NO4. The van der Waals surface area contributed by atoms with Gasteiger partial charge in [0.2, 0.25) is 0 Å².